The zero-order chi connectivity index (χ0) is 19.6. The van der Waals surface area contributed by atoms with Crippen molar-refractivity contribution in [2.75, 3.05) is 19.8 Å². The minimum absolute atomic E-state index is 0.114. The second kappa shape index (κ2) is 7.80. The quantitative estimate of drug-likeness (QED) is 0.687. The monoisotopic (exact) mass is 375 g/mol. The summed E-state index contributed by atoms with van der Waals surface area (Å²) in [5.74, 6) is -1.24. The number of aliphatic hydroxyl groups excluding tert-OH is 1. The van der Waals surface area contributed by atoms with Crippen LogP contribution in [0.3, 0.4) is 0 Å². The van der Waals surface area contributed by atoms with Crippen molar-refractivity contribution in [3.05, 3.63) is 45.2 Å². The van der Waals surface area contributed by atoms with Crippen molar-refractivity contribution in [3.63, 3.8) is 0 Å². The highest BCUT2D eigenvalue weighted by atomic mass is 16.5. The molecule has 2 N–H and O–H groups in total. The first kappa shape index (κ1) is 19.5. The molecule has 146 valence electrons. The lowest BCUT2D eigenvalue weighted by molar-refractivity contribution is -0.0937. The third-order valence-corrected chi connectivity index (χ3v) is 4.83. The van der Waals surface area contributed by atoms with Crippen LogP contribution < -0.4 is 5.43 Å². The van der Waals surface area contributed by atoms with Gasteiger partial charge < -0.3 is 24.3 Å². The largest absolute Gasteiger partial charge is 0.477 e. The second-order valence-corrected chi connectivity index (χ2v) is 7.23. The van der Waals surface area contributed by atoms with Gasteiger partial charge in [-0.2, -0.15) is 0 Å². The molecule has 0 bridgehead atoms. The molecule has 0 atom stereocenters. The first-order valence-corrected chi connectivity index (χ1v) is 9.12. The summed E-state index contributed by atoms with van der Waals surface area (Å²) < 4.78 is 13.1. The fourth-order valence-electron chi connectivity index (χ4n) is 3.42. The number of carbonyl (C=O) groups is 1. The molecule has 0 saturated heterocycles. The molecule has 1 aromatic heterocycles. The summed E-state index contributed by atoms with van der Waals surface area (Å²) in [6.45, 7) is 5.27. The Balaban J connectivity index is 1.97. The number of rotatable bonds is 8. The number of carboxylic acid groups (broad SMARTS) is 1. The predicted octanol–water partition coefficient (Wildman–Crippen LogP) is 2.25. The number of aryl methyl sites for hydroxylation is 1. The van der Waals surface area contributed by atoms with Crippen molar-refractivity contribution >= 4 is 16.9 Å². The van der Waals surface area contributed by atoms with E-state index in [2.05, 4.69) is 0 Å². The molecule has 0 saturated carbocycles. The van der Waals surface area contributed by atoms with E-state index in [-0.39, 0.29) is 12.2 Å². The van der Waals surface area contributed by atoms with E-state index < -0.39 is 17.1 Å². The number of carboxylic acids is 1. The number of aromatic nitrogens is 1. The Morgan fingerprint density at radius 1 is 1.30 bits per heavy atom. The Hall–Kier alpha value is -2.22. The van der Waals surface area contributed by atoms with Crippen molar-refractivity contribution in [1.82, 2.24) is 4.57 Å². The van der Waals surface area contributed by atoms with Crippen molar-refractivity contribution in [1.29, 1.82) is 0 Å². The van der Waals surface area contributed by atoms with Gasteiger partial charge in [0.05, 0.1) is 12.1 Å². The standard InChI is InChI=1S/C20H25NO6/c1-20(2)21-11-16(19(24)25)18(23)15-10-13(5-3-7-26-8-4-6-22)9-14(12-27-20)17(15)21/h9-11,22H,3-8,12H2,1-2H3,(H,24,25). The topological polar surface area (TPSA) is 98.0 Å². The molecule has 2 aromatic rings. The van der Waals surface area contributed by atoms with Crippen LogP contribution in [0.5, 0.6) is 0 Å². The van der Waals surface area contributed by atoms with Crippen molar-refractivity contribution in [2.24, 2.45) is 0 Å². The minimum Gasteiger partial charge on any atom is -0.477 e. The van der Waals surface area contributed by atoms with Crippen molar-refractivity contribution in [2.45, 2.75) is 45.4 Å². The molecule has 1 aromatic carbocycles. The van der Waals surface area contributed by atoms with E-state index >= 15 is 0 Å². The van der Waals surface area contributed by atoms with E-state index in [9.17, 15) is 14.7 Å². The molecule has 0 amide bonds. The number of hydrogen-bond acceptors (Lipinski definition) is 5. The predicted molar refractivity (Wildman–Crippen MR) is 100 cm³/mol. The summed E-state index contributed by atoms with van der Waals surface area (Å²) in [7, 11) is 0. The van der Waals surface area contributed by atoms with Crippen LogP contribution in [0.4, 0.5) is 0 Å². The Morgan fingerprint density at radius 2 is 2.04 bits per heavy atom. The van der Waals surface area contributed by atoms with E-state index in [1.807, 2.05) is 19.9 Å². The summed E-state index contributed by atoms with van der Waals surface area (Å²) in [6, 6.07) is 3.81. The molecular formula is C20H25NO6. The number of benzene rings is 1. The molecule has 7 nitrogen and oxygen atoms in total. The molecular weight excluding hydrogens is 350 g/mol. The first-order valence-electron chi connectivity index (χ1n) is 9.12. The molecule has 0 spiro atoms. The highest BCUT2D eigenvalue weighted by Gasteiger charge is 2.30. The van der Waals surface area contributed by atoms with Gasteiger partial charge in [0.15, 0.2) is 0 Å². The molecule has 1 aliphatic rings. The normalized spacial score (nSPS) is 15.2. The van der Waals surface area contributed by atoms with Crippen LogP contribution in [0.25, 0.3) is 10.9 Å². The lowest BCUT2D eigenvalue weighted by atomic mass is 9.98. The molecule has 3 rings (SSSR count). The van der Waals surface area contributed by atoms with Gasteiger partial charge in [0, 0.05) is 37.0 Å². The molecule has 0 aliphatic carbocycles. The van der Waals surface area contributed by atoms with Gasteiger partial charge in [-0.1, -0.05) is 6.07 Å². The summed E-state index contributed by atoms with van der Waals surface area (Å²) in [6.07, 6.45) is 3.48. The average molecular weight is 375 g/mol. The molecule has 0 fully saturated rings. The van der Waals surface area contributed by atoms with Gasteiger partial charge in [-0.25, -0.2) is 4.79 Å². The van der Waals surface area contributed by atoms with E-state index in [0.717, 1.165) is 23.1 Å². The number of hydrogen-bond donors (Lipinski definition) is 2. The van der Waals surface area contributed by atoms with Gasteiger partial charge in [0.1, 0.15) is 11.3 Å². The van der Waals surface area contributed by atoms with Crippen LogP contribution in [0.1, 0.15) is 48.2 Å². The Kier molecular flexibility index (Phi) is 5.64. The van der Waals surface area contributed by atoms with Crippen LogP contribution in [0.15, 0.2) is 23.1 Å². The number of ether oxygens (including phenoxy) is 2. The van der Waals surface area contributed by atoms with Crippen molar-refractivity contribution in [3.8, 4) is 0 Å². The van der Waals surface area contributed by atoms with Crippen LogP contribution in [-0.2, 0) is 28.2 Å². The lowest BCUT2D eigenvalue weighted by Gasteiger charge is -2.35. The number of pyridine rings is 1. The van der Waals surface area contributed by atoms with E-state index in [1.165, 1.54) is 6.20 Å². The summed E-state index contributed by atoms with van der Waals surface area (Å²) in [5.41, 5.74) is 1.13. The van der Waals surface area contributed by atoms with Crippen LogP contribution in [0.2, 0.25) is 0 Å². The molecule has 2 heterocycles. The maximum atomic E-state index is 12.7. The minimum atomic E-state index is -1.24. The van der Waals surface area contributed by atoms with Crippen LogP contribution >= 0.6 is 0 Å². The zero-order valence-electron chi connectivity index (χ0n) is 15.7. The summed E-state index contributed by atoms with van der Waals surface area (Å²) in [4.78, 5) is 24.3. The van der Waals surface area contributed by atoms with Crippen LogP contribution in [0, 0.1) is 0 Å². The van der Waals surface area contributed by atoms with Crippen molar-refractivity contribution < 1.29 is 24.5 Å². The summed E-state index contributed by atoms with van der Waals surface area (Å²) in [5, 5.41) is 18.6. The molecule has 7 heteroatoms. The van der Waals surface area contributed by atoms with E-state index in [0.29, 0.717) is 38.0 Å². The highest BCUT2D eigenvalue weighted by molar-refractivity contribution is 5.94. The van der Waals surface area contributed by atoms with Gasteiger partial charge in [0.25, 0.3) is 0 Å². The van der Waals surface area contributed by atoms with Gasteiger partial charge >= 0.3 is 5.97 Å². The fourth-order valence-corrected chi connectivity index (χ4v) is 3.42. The fraction of sp³-hybridized carbons (Fsp3) is 0.500. The van der Waals surface area contributed by atoms with Gasteiger partial charge in [-0.15, -0.1) is 0 Å². The average Bonchev–Trinajstić information content (AvgIpc) is 2.62. The first-order chi connectivity index (χ1) is 12.8. The number of aliphatic hydroxyl groups is 1. The maximum absolute atomic E-state index is 12.7. The lowest BCUT2D eigenvalue weighted by Crippen LogP contribution is -2.36. The summed E-state index contributed by atoms with van der Waals surface area (Å²) >= 11 is 0. The Morgan fingerprint density at radius 3 is 2.74 bits per heavy atom. The molecule has 0 radical (unpaired) electrons. The molecule has 27 heavy (non-hydrogen) atoms. The molecule has 1 aliphatic heterocycles. The third kappa shape index (κ3) is 3.90. The van der Waals surface area contributed by atoms with Crippen LogP contribution in [-0.4, -0.2) is 40.6 Å². The maximum Gasteiger partial charge on any atom is 0.341 e. The van der Waals surface area contributed by atoms with E-state index in [1.54, 1.807) is 10.6 Å². The number of nitrogens with zero attached hydrogens (tertiary/aromatic N) is 1. The second-order valence-electron chi connectivity index (χ2n) is 7.23. The number of aromatic carboxylic acids is 1. The van der Waals surface area contributed by atoms with E-state index in [4.69, 9.17) is 14.6 Å². The SMILES string of the molecule is CC1(C)OCc2cc(CCCOCCCO)cc3c(=O)c(C(=O)O)cn1c23. The van der Waals surface area contributed by atoms with Gasteiger partial charge in [-0.05, 0) is 44.7 Å². The third-order valence-electron chi connectivity index (χ3n) is 4.83. The van der Waals surface area contributed by atoms with Gasteiger partial charge in [0.2, 0.25) is 5.43 Å². The Bertz CT molecular complexity index is 915. The van der Waals surface area contributed by atoms with Gasteiger partial charge in [-0.3, -0.25) is 4.79 Å². The smallest absolute Gasteiger partial charge is 0.341 e. The molecule has 0 unspecified atom stereocenters. The zero-order valence-corrected chi connectivity index (χ0v) is 15.7. The Labute approximate surface area is 157 Å². The highest BCUT2D eigenvalue weighted by Crippen LogP contribution is 2.33.